The monoisotopic (exact) mass is 490 g/mol. The van der Waals surface area contributed by atoms with Gasteiger partial charge in [0, 0.05) is 14.6 Å². The number of nitrogens with one attached hydrogen (secondary N) is 1. The molecule has 3 N–H and O–H groups in total. The predicted octanol–water partition coefficient (Wildman–Crippen LogP) is 4.88. The van der Waals surface area contributed by atoms with Crippen LogP contribution in [0.5, 0.6) is 5.75 Å². The number of carbonyl (C=O) groups is 1. The lowest BCUT2D eigenvalue weighted by atomic mass is 10.2. The minimum Gasteiger partial charge on any atom is -0.482 e. The summed E-state index contributed by atoms with van der Waals surface area (Å²) in [5.74, 6) is 0.398. The molecule has 116 valence electrons. The number of hydrogen-bond donors (Lipinski definition) is 2. The first-order valence-corrected chi connectivity index (χ1v) is 8.68. The number of aryl methyl sites for hydroxylation is 1. The third-order valence-electron chi connectivity index (χ3n) is 2.81. The third kappa shape index (κ3) is 4.47. The highest BCUT2D eigenvalue weighted by molar-refractivity contribution is 9.11. The Bertz CT molecular complexity index is 697. The summed E-state index contributed by atoms with van der Waals surface area (Å²) in [5, 5.41) is 2.77. The van der Waals surface area contributed by atoms with Crippen LogP contribution in [0.25, 0.3) is 0 Å². The van der Waals surface area contributed by atoms with Gasteiger partial charge in [-0.2, -0.15) is 0 Å². The first-order chi connectivity index (χ1) is 10.4. The molecule has 0 radical (unpaired) electrons. The number of hydrogen-bond acceptors (Lipinski definition) is 3. The molecule has 0 aliphatic rings. The molecule has 2 aromatic rings. The molecule has 0 unspecified atom stereocenters. The molecule has 7 heteroatoms. The zero-order chi connectivity index (χ0) is 16.3. The average Bonchev–Trinajstić information content (AvgIpc) is 2.40. The van der Waals surface area contributed by atoms with Gasteiger partial charge in [-0.25, -0.2) is 0 Å². The first kappa shape index (κ1) is 17.3. The van der Waals surface area contributed by atoms with Crippen LogP contribution in [-0.4, -0.2) is 12.5 Å². The van der Waals surface area contributed by atoms with E-state index in [4.69, 9.17) is 10.5 Å². The van der Waals surface area contributed by atoms with Gasteiger partial charge in [-0.05, 0) is 74.7 Å². The lowest BCUT2D eigenvalue weighted by molar-refractivity contribution is -0.118. The highest BCUT2D eigenvalue weighted by atomic mass is 79.9. The summed E-state index contributed by atoms with van der Waals surface area (Å²) in [7, 11) is 0. The molecule has 0 saturated heterocycles. The van der Waals surface area contributed by atoms with Crippen LogP contribution < -0.4 is 15.8 Å². The van der Waals surface area contributed by atoms with E-state index in [1.54, 1.807) is 18.2 Å². The number of anilines is 2. The molecule has 0 aliphatic heterocycles. The Balaban J connectivity index is 2.02. The first-order valence-electron chi connectivity index (χ1n) is 6.30. The normalized spacial score (nSPS) is 10.4. The number of nitrogen functional groups attached to an aromatic ring is 1. The van der Waals surface area contributed by atoms with E-state index >= 15 is 0 Å². The van der Waals surface area contributed by atoms with E-state index in [0.29, 0.717) is 17.1 Å². The lowest BCUT2D eigenvalue weighted by Gasteiger charge is -2.12. The molecule has 22 heavy (non-hydrogen) atoms. The fourth-order valence-electron chi connectivity index (χ4n) is 1.83. The van der Waals surface area contributed by atoms with E-state index in [1.165, 1.54) is 0 Å². The second-order valence-electron chi connectivity index (χ2n) is 4.61. The molecule has 0 aliphatic carbocycles. The van der Waals surface area contributed by atoms with Gasteiger partial charge in [-0.15, -0.1) is 0 Å². The molecule has 0 fully saturated rings. The Morgan fingerprint density at radius 1 is 1.18 bits per heavy atom. The maximum atomic E-state index is 12.0. The summed E-state index contributed by atoms with van der Waals surface area (Å²) in [4.78, 5) is 12.0. The van der Waals surface area contributed by atoms with Crippen molar-refractivity contribution >= 4 is 65.1 Å². The van der Waals surface area contributed by atoms with Crippen molar-refractivity contribution in [3.8, 4) is 5.75 Å². The van der Waals surface area contributed by atoms with Gasteiger partial charge in [0.1, 0.15) is 5.75 Å². The molecule has 0 saturated carbocycles. The summed E-state index contributed by atoms with van der Waals surface area (Å²) in [6.07, 6.45) is 0. The zero-order valence-electron chi connectivity index (χ0n) is 11.6. The van der Waals surface area contributed by atoms with Gasteiger partial charge in [0.2, 0.25) is 0 Å². The largest absolute Gasteiger partial charge is 0.482 e. The molecule has 0 heterocycles. The van der Waals surface area contributed by atoms with Gasteiger partial charge in [0.05, 0.1) is 10.2 Å². The summed E-state index contributed by atoms with van der Waals surface area (Å²) in [6.45, 7) is 1.83. The Morgan fingerprint density at radius 3 is 2.55 bits per heavy atom. The van der Waals surface area contributed by atoms with Crippen molar-refractivity contribution < 1.29 is 9.53 Å². The van der Waals surface area contributed by atoms with E-state index in [-0.39, 0.29) is 12.5 Å². The third-order valence-corrected chi connectivity index (χ3v) is 4.51. The fraction of sp³-hybridized carbons (Fsp3) is 0.133. The molecule has 0 spiro atoms. The van der Waals surface area contributed by atoms with Crippen LogP contribution >= 0.6 is 47.8 Å². The maximum Gasteiger partial charge on any atom is 0.262 e. The number of ether oxygens (including phenoxy) is 1. The number of amides is 1. The summed E-state index contributed by atoms with van der Waals surface area (Å²) in [6, 6.07) is 8.98. The Kier molecular flexibility index (Phi) is 5.88. The second kappa shape index (κ2) is 7.48. The van der Waals surface area contributed by atoms with E-state index < -0.39 is 0 Å². The summed E-state index contributed by atoms with van der Waals surface area (Å²) in [5.41, 5.74) is 7.86. The van der Waals surface area contributed by atoms with Crippen LogP contribution in [0.3, 0.4) is 0 Å². The topological polar surface area (TPSA) is 64.3 Å². The Hall–Kier alpha value is -1.05. The van der Waals surface area contributed by atoms with E-state index in [9.17, 15) is 4.79 Å². The molecule has 1 amide bonds. The van der Waals surface area contributed by atoms with Crippen LogP contribution in [-0.2, 0) is 4.79 Å². The molecule has 2 aromatic carbocycles. The Morgan fingerprint density at radius 2 is 1.91 bits per heavy atom. The van der Waals surface area contributed by atoms with Crippen LogP contribution in [0.2, 0.25) is 0 Å². The van der Waals surface area contributed by atoms with E-state index in [2.05, 4.69) is 53.1 Å². The van der Waals surface area contributed by atoms with Crippen LogP contribution in [0.4, 0.5) is 11.4 Å². The van der Waals surface area contributed by atoms with Crippen molar-refractivity contribution in [1.29, 1.82) is 0 Å². The number of benzene rings is 2. The standard InChI is InChI=1S/C15H13Br3N2O2/c1-8-4-9(16)5-12(18)15(8)22-7-14(21)20-13-3-2-10(19)6-11(13)17/h2-6H,7,19H2,1H3,(H,20,21). The second-order valence-corrected chi connectivity index (χ2v) is 7.23. The van der Waals surface area contributed by atoms with Gasteiger partial charge in [0.15, 0.2) is 6.61 Å². The van der Waals surface area contributed by atoms with Gasteiger partial charge < -0.3 is 15.8 Å². The molecule has 0 aromatic heterocycles. The highest BCUT2D eigenvalue weighted by Crippen LogP contribution is 2.32. The van der Waals surface area contributed by atoms with Crippen LogP contribution in [0, 0.1) is 6.92 Å². The van der Waals surface area contributed by atoms with Crippen LogP contribution in [0.1, 0.15) is 5.56 Å². The van der Waals surface area contributed by atoms with Gasteiger partial charge >= 0.3 is 0 Å². The number of halogens is 3. The van der Waals surface area contributed by atoms with Gasteiger partial charge in [0.25, 0.3) is 5.91 Å². The number of rotatable bonds is 4. The van der Waals surface area contributed by atoms with E-state index in [0.717, 1.165) is 19.0 Å². The lowest BCUT2D eigenvalue weighted by Crippen LogP contribution is -2.20. The number of carbonyl (C=O) groups excluding carboxylic acids is 1. The van der Waals surface area contributed by atoms with Crippen molar-refractivity contribution in [3.63, 3.8) is 0 Å². The predicted molar refractivity (Wildman–Crippen MR) is 99.3 cm³/mol. The molecule has 2 rings (SSSR count). The maximum absolute atomic E-state index is 12.0. The Labute approximate surface area is 153 Å². The van der Waals surface area contributed by atoms with Crippen LogP contribution in [0.15, 0.2) is 43.7 Å². The molecular weight excluding hydrogens is 480 g/mol. The van der Waals surface area contributed by atoms with Crippen molar-refractivity contribution in [1.82, 2.24) is 0 Å². The minimum atomic E-state index is -0.250. The molecule has 0 atom stereocenters. The fourth-order valence-corrected chi connectivity index (χ4v) is 3.88. The summed E-state index contributed by atoms with van der Waals surface area (Å²) >= 11 is 10.2. The van der Waals surface area contributed by atoms with Crippen molar-refractivity contribution in [2.45, 2.75) is 6.92 Å². The van der Waals surface area contributed by atoms with Crippen molar-refractivity contribution in [3.05, 3.63) is 49.3 Å². The van der Waals surface area contributed by atoms with Crippen molar-refractivity contribution in [2.24, 2.45) is 0 Å². The van der Waals surface area contributed by atoms with Crippen molar-refractivity contribution in [2.75, 3.05) is 17.7 Å². The van der Waals surface area contributed by atoms with E-state index in [1.807, 2.05) is 19.1 Å². The molecule has 0 bridgehead atoms. The zero-order valence-corrected chi connectivity index (χ0v) is 16.4. The summed E-state index contributed by atoms with van der Waals surface area (Å²) < 4.78 is 8.06. The smallest absolute Gasteiger partial charge is 0.262 e. The SMILES string of the molecule is Cc1cc(Br)cc(Br)c1OCC(=O)Nc1ccc(N)cc1Br. The molecule has 4 nitrogen and oxygen atoms in total. The van der Waals surface area contributed by atoms with Gasteiger partial charge in [-0.3, -0.25) is 4.79 Å². The van der Waals surface area contributed by atoms with Gasteiger partial charge in [-0.1, -0.05) is 15.9 Å². The highest BCUT2D eigenvalue weighted by Gasteiger charge is 2.11. The average molecular weight is 493 g/mol. The quantitative estimate of drug-likeness (QED) is 0.598. The molecular formula is C15H13Br3N2O2. The number of nitrogens with two attached hydrogens (primary N) is 1. The minimum absolute atomic E-state index is 0.0854.